The Morgan fingerprint density at radius 3 is 2.39 bits per heavy atom. The third kappa shape index (κ3) is 6.24. The zero-order valence-electron chi connectivity index (χ0n) is 12.7. The molecule has 1 amide bonds. The fourth-order valence-electron chi connectivity index (χ4n) is 2.24. The highest BCUT2D eigenvalue weighted by atomic mass is 16.6. The highest BCUT2D eigenvalue weighted by Crippen LogP contribution is 2.19. The van der Waals surface area contributed by atoms with E-state index in [1.807, 2.05) is 20.8 Å². The summed E-state index contributed by atoms with van der Waals surface area (Å²) < 4.78 is 5.27. The van der Waals surface area contributed by atoms with Crippen LogP contribution >= 0.6 is 0 Å². The Morgan fingerprint density at radius 2 is 1.89 bits per heavy atom. The second kappa shape index (κ2) is 5.47. The van der Waals surface area contributed by atoms with E-state index in [4.69, 9.17) is 4.74 Å². The van der Waals surface area contributed by atoms with E-state index in [9.17, 15) is 4.79 Å². The molecule has 1 saturated heterocycles. The summed E-state index contributed by atoms with van der Waals surface area (Å²) in [6.45, 7) is 15.4. The van der Waals surface area contributed by atoms with E-state index in [1.54, 1.807) is 0 Å². The molecular weight excluding hydrogens is 228 g/mol. The van der Waals surface area contributed by atoms with E-state index in [0.717, 1.165) is 26.1 Å². The number of hydrogen-bond acceptors (Lipinski definition) is 3. The van der Waals surface area contributed by atoms with E-state index in [1.165, 1.54) is 0 Å². The number of rotatable bonds is 2. The van der Waals surface area contributed by atoms with Gasteiger partial charge in [-0.15, -0.1) is 0 Å². The predicted octanol–water partition coefficient (Wildman–Crippen LogP) is 2.63. The minimum absolute atomic E-state index is 0.224. The lowest BCUT2D eigenvalue weighted by molar-refractivity contribution is 0.0505. The Kier molecular flexibility index (Phi) is 4.65. The first kappa shape index (κ1) is 15.3. The second-order valence-corrected chi connectivity index (χ2v) is 7.43. The summed E-state index contributed by atoms with van der Waals surface area (Å²) >= 11 is 0. The van der Waals surface area contributed by atoms with Crippen molar-refractivity contribution in [2.75, 3.05) is 19.6 Å². The first-order chi connectivity index (χ1) is 8.05. The maximum Gasteiger partial charge on any atom is 0.407 e. The van der Waals surface area contributed by atoms with E-state index in [2.05, 4.69) is 31.0 Å². The lowest BCUT2D eigenvalue weighted by atomic mass is 9.96. The van der Waals surface area contributed by atoms with Crippen molar-refractivity contribution >= 4 is 6.09 Å². The first-order valence-electron chi connectivity index (χ1n) is 6.77. The molecular formula is C14H28N2O2. The Bertz CT molecular complexity index is 289. The third-order valence-electron chi connectivity index (χ3n) is 2.69. The summed E-state index contributed by atoms with van der Waals surface area (Å²) in [6.07, 6.45) is 0.708. The van der Waals surface area contributed by atoms with Gasteiger partial charge in [-0.25, -0.2) is 4.79 Å². The van der Waals surface area contributed by atoms with Crippen LogP contribution in [0.2, 0.25) is 0 Å². The molecule has 1 atom stereocenters. The first-order valence-corrected chi connectivity index (χ1v) is 6.77. The fourth-order valence-corrected chi connectivity index (χ4v) is 2.24. The number of amides is 1. The molecule has 1 unspecified atom stereocenters. The monoisotopic (exact) mass is 256 g/mol. The zero-order chi connectivity index (χ0) is 14.0. The van der Waals surface area contributed by atoms with Crippen LogP contribution in [0.3, 0.4) is 0 Å². The number of ether oxygens (including phenoxy) is 1. The number of alkyl carbamates (subject to hydrolysis) is 1. The molecule has 0 aromatic heterocycles. The largest absolute Gasteiger partial charge is 0.444 e. The molecule has 1 N–H and O–H groups in total. The van der Waals surface area contributed by atoms with Gasteiger partial charge in [0.25, 0.3) is 0 Å². The summed E-state index contributed by atoms with van der Waals surface area (Å²) in [5, 5.41) is 2.95. The van der Waals surface area contributed by atoms with Crippen LogP contribution in [0.4, 0.5) is 4.79 Å². The van der Waals surface area contributed by atoms with Gasteiger partial charge >= 0.3 is 6.09 Å². The van der Waals surface area contributed by atoms with Gasteiger partial charge in [0.1, 0.15) is 5.60 Å². The van der Waals surface area contributed by atoms with Crippen molar-refractivity contribution in [3.05, 3.63) is 0 Å². The molecule has 0 aliphatic carbocycles. The molecule has 1 heterocycles. The maximum atomic E-state index is 11.7. The zero-order valence-corrected chi connectivity index (χ0v) is 12.7. The minimum atomic E-state index is -0.423. The van der Waals surface area contributed by atoms with E-state index >= 15 is 0 Å². The van der Waals surface area contributed by atoms with E-state index in [-0.39, 0.29) is 12.1 Å². The van der Waals surface area contributed by atoms with Gasteiger partial charge in [0.05, 0.1) is 0 Å². The maximum absolute atomic E-state index is 11.7. The van der Waals surface area contributed by atoms with Crippen LogP contribution in [-0.4, -0.2) is 42.3 Å². The van der Waals surface area contributed by atoms with Crippen LogP contribution in [0, 0.1) is 5.41 Å². The summed E-state index contributed by atoms with van der Waals surface area (Å²) in [5.41, 5.74) is -0.116. The SMILES string of the molecule is CC(C)(C)CN1CCC(NC(=O)OC(C)(C)C)C1. The van der Waals surface area contributed by atoms with Crippen LogP contribution < -0.4 is 5.32 Å². The van der Waals surface area contributed by atoms with Crippen LogP contribution in [0.5, 0.6) is 0 Å². The number of hydrogen-bond donors (Lipinski definition) is 1. The van der Waals surface area contributed by atoms with Crippen molar-refractivity contribution in [1.29, 1.82) is 0 Å². The average molecular weight is 256 g/mol. The van der Waals surface area contributed by atoms with Crippen molar-refractivity contribution < 1.29 is 9.53 Å². The normalized spacial score (nSPS) is 22.0. The Morgan fingerprint density at radius 1 is 1.28 bits per heavy atom. The van der Waals surface area contributed by atoms with Crippen LogP contribution in [0.15, 0.2) is 0 Å². The van der Waals surface area contributed by atoms with Gasteiger partial charge in [0, 0.05) is 25.7 Å². The molecule has 18 heavy (non-hydrogen) atoms. The van der Waals surface area contributed by atoms with Gasteiger partial charge in [-0.2, -0.15) is 0 Å². The Hall–Kier alpha value is -0.770. The standard InChI is InChI=1S/C14H28N2O2/c1-13(2,3)10-16-8-7-11(9-16)15-12(17)18-14(4,5)6/h11H,7-10H2,1-6H3,(H,15,17). The number of nitrogens with zero attached hydrogens (tertiary/aromatic N) is 1. The molecule has 0 aromatic rings. The summed E-state index contributed by atoms with van der Waals surface area (Å²) in [6, 6.07) is 0.224. The lowest BCUT2D eigenvalue weighted by Gasteiger charge is -2.26. The molecule has 1 aliphatic rings. The molecule has 1 rings (SSSR count). The van der Waals surface area contributed by atoms with Gasteiger partial charge in [-0.05, 0) is 32.6 Å². The van der Waals surface area contributed by atoms with Gasteiger partial charge in [-0.3, -0.25) is 0 Å². The van der Waals surface area contributed by atoms with Crippen molar-refractivity contribution in [3.8, 4) is 0 Å². The van der Waals surface area contributed by atoms with Gasteiger partial charge in [0.15, 0.2) is 0 Å². The Balaban J connectivity index is 2.32. The molecule has 4 heteroatoms. The Labute approximate surface area is 111 Å². The van der Waals surface area contributed by atoms with Crippen molar-refractivity contribution in [1.82, 2.24) is 10.2 Å². The fraction of sp³-hybridized carbons (Fsp3) is 0.929. The highest BCUT2D eigenvalue weighted by Gasteiger charge is 2.28. The molecule has 1 fully saturated rings. The molecule has 0 bridgehead atoms. The minimum Gasteiger partial charge on any atom is -0.444 e. The van der Waals surface area contributed by atoms with Crippen LogP contribution in [-0.2, 0) is 4.74 Å². The molecule has 4 nitrogen and oxygen atoms in total. The second-order valence-electron chi connectivity index (χ2n) is 7.43. The average Bonchev–Trinajstić information content (AvgIpc) is 2.44. The quantitative estimate of drug-likeness (QED) is 0.826. The van der Waals surface area contributed by atoms with Crippen LogP contribution in [0.25, 0.3) is 0 Å². The van der Waals surface area contributed by atoms with Crippen LogP contribution in [0.1, 0.15) is 48.0 Å². The molecule has 0 spiro atoms. The summed E-state index contributed by atoms with van der Waals surface area (Å²) in [4.78, 5) is 14.1. The third-order valence-corrected chi connectivity index (χ3v) is 2.69. The number of carbonyl (C=O) groups excluding carboxylic acids is 1. The molecule has 106 valence electrons. The number of likely N-dealkylation sites (tertiary alicyclic amines) is 1. The number of nitrogens with one attached hydrogen (secondary N) is 1. The van der Waals surface area contributed by atoms with Crippen molar-refractivity contribution in [2.45, 2.75) is 59.6 Å². The van der Waals surface area contributed by atoms with Crippen molar-refractivity contribution in [3.63, 3.8) is 0 Å². The number of carbonyl (C=O) groups is 1. The van der Waals surface area contributed by atoms with E-state index in [0.29, 0.717) is 5.41 Å². The summed E-state index contributed by atoms with van der Waals surface area (Å²) in [5.74, 6) is 0. The van der Waals surface area contributed by atoms with Crippen molar-refractivity contribution in [2.24, 2.45) is 5.41 Å². The van der Waals surface area contributed by atoms with Gasteiger partial charge < -0.3 is 15.0 Å². The molecule has 0 aromatic carbocycles. The highest BCUT2D eigenvalue weighted by molar-refractivity contribution is 5.68. The molecule has 1 aliphatic heterocycles. The van der Waals surface area contributed by atoms with Gasteiger partial charge in [-0.1, -0.05) is 20.8 Å². The smallest absolute Gasteiger partial charge is 0.407 e. The van der Waals surface area contributed by atoms with Gasteiger partial charge in [0.2, 0.25) is 0 Å². The van der Waals surface area contributed by atoms with E-state index < -0.39 is 5.60 Å². The topological polar surface area (TPSA) is 41.6 Å². The molecule has 0 radical (unpaired) electrons. The lowest BCUT2D eigenvalue weighted by Crippen LogP contribution is -2.41. The summed E-state index contributed by atoms with van der Waals surface area (Å²) in [7, 11) is 0. The molecule has 0 saturated carbocycles. The predicted molar refractivity (Wildman–Crippen MR) is 73.7 cm³/mol.